The standard InChI is InChI=1S/C28H33F2N7O2/c1-16-9-18(12-23(31)27(16)34-15-39-2)20-5-7-32-14-25(20)35-28-33-13-19-3-4-24(36-37(19)28)26-21(29)10-17(6-8-38)11-22(26)30/h3-5,7,10-11,13-14,16,18,23,27,34,38H,6,8-9,12,15,31H2,1-2H3,(H,33,35). The third kappa shape index (κ3) is 5.62. The minimum Gasteiger partial charge on any atom is -0.396 e. The minimum atomic E-state index is -0.740. The van der Waals surface area contributed by atoms with Crippen LogP contribution in [0.1, 0.15) is 36.8 Å². The zero-order valence-electron chi connectivity index (χ0n) is 21.9. The number of benzene rings is 1. The second-order valence-corrected chi connectivity index (χ2v) is 10.1. The zero-order valence-corrected chi connectivity index (χ0v) is 21.9. The second-order valence-electron chi connectivity index (χ2n) is 10.1. The monoisotopic (exact) mass is 537 g/mol. The lowest BCUT2D eigenvalue weighted by Gasteiger charge is -2.40. The molecular formula is C28H33F2N7O2. The first-order valence-electron chi connectivity index (χ1n) is 13.0. The first-order chi connectivity index (χ1) is 18.9. The number of imidazole rings is 1. The Kier molecular flexibility index (Phi) is 8.12. The molecule has 1 aromatic carbocycles. The summed E-state index contributed by atoms with van der Waals surface area (Å²) in [6.45, 7) is 2.45. The van der Waals surface area contributed by atoms with Crippen LogP contribution in [0.15, 0.2) is 48.9 Å². The van der Waals surface area contributed by atoms with Crippen molar-refractivity contribution in [2.45, 2.75) is 44.2 Å². The molecule has 9 nitrogen and oxygen atoms in total. The number of aliphatic hydroxyl groups is 1. The Morgan fingerprint density at radius 3 is 2.67 bits per heavy atom. The van der Waals surface area contributed by atoms with Gasteiger partial charge in [-0.15, -0.1) is 0 Å². The molecule has 0 radical (unpaired) electrons. The van der Waals surface area contributed by atoms with Gasteiger partial charge in [0.05, 0.1) is 41.6 Å². The number of pyridine rings is 1. The van der Waals surface area contributed by atoms with E-state index in [-0.39, 0.29) is 42.3 Å². The van der Waals surface area contributed by atoms with E-state index in [2.05, 4.69) is 32.6 Å². The van der Waals surface area contributed by atoms with Gasteiger partial charge in [0, 0.05) is 32.0 Å². The molecule has 206 valence electrons. The fourth-order valence-corrected chi connectivity index (χ4v) is 5.61. The number of hydrogen-bond donors (Lipinski definition) is 4. The Balaban J connectivity index is 1.44. The maximum atomic E-state index is 14.9. The summed E-state index contributed by atoms with van der Waals surface area (Å²) in [5.41, 5.74) is 9.34. The fraction of sp³-hybridized carbons (Fsp3) is 0.393. The summed E-state index contributed by atoms with van der Waals surface area (Å²) in [5, 5.41) is 20.3. The number of methoxy groups -OCH3 is 1. The van der Waals surface area contributed by atoms with Crippen molar-refractivity contribution in [2.75, 3.05) is 25.8 Å². The molecule has 4 aromatic rings. The van der Waals surface area contributed by atoms with Crippen LogP contribution in [0.4, 0.5) is 20.4 Å². The van der Waals surface area contributed by atoms with Crippen molar-refractivity contribution in [3.05, 3.63) is 71.7 Å². The van der Waals surface area contributed by atoms with E-state index < -0.39 is 11.6 Å². The molecule has 0 bridgehead atoms. The van der Waals surface area contributed by atoms with Crippen LogP contribution in [-0.2, 0) is 11.2 Å². The topological polar surface area (TPSA) is 123 Å². The first kappa shape index (κ1) is 27.1. The van der Waals surface area contributed by atoms with E-state index in [1.165, 1.54) is 16.6 Å². The van der Waals surface area contributed by atoms with E-state index in [1.54, 1.807) is 37.8 Å². The molecule has 5 N–H and O–H groups in total. The summed E-state index contributed by atoms with van der Waals surface area (Å²) in [6.07, 6.45) is 7.03. The van der Waals surface area contributed by atoms with Crippen molar-refractivity contribution in [1.29, 1.82) is 0 Å². The van der Waals surface area contributed by atoms with Crippen molar-refractivity contribution in [1.82, 2.24) is 24.9 Å². The smallest absolute Gasteiger partial charge is 0.229 e. The van der Waals surface area contributed by atoms with Gasteiger partial charge in [-0.2, -0.15) is 9.61 Å². The largest absolute Gasteiger partial charge is 0.396 e. The number of rotatable bonds is 9. The van der Waals surface area contributed by atoms with Gasteiger partial charge >= 0.3 is 0 Å². The van der Waals surface area contributed by atoms with Crippen molar-refractivity contribution in [3.63, 3.8) is 0 Å². The molecule has 0 aliphatic heterocycles. The molecular weight excluding hydrogens is 504 g/mol. The number of anilines is 2. The number of ether oxygens (including phenoxy) is 1. The van der Waals surface area contributed by atoms with Gasteiger partial charge in [-0.25, -0.2) is 13.8 Å². The third-order valence-electron chi connectivity index (χ3n) is 7.43. The molecule has 0 saturated heterocycles. The van der Waals surface area contributed by atoms with Gasteiger partial charge < -0.3 is 20.9 Å². The summed E-state index contributed by atoms with van der Waals surface area (Å²) >= 11 is 0. The summed E-state index contributed by atoms with van der Waals surface area (Å²) in [7, 11) is 1.66. The fourth-order valence-electron chi connectivity index (χ4n) is 5.61. The van der Waals surface area contributed by atoms with Crippen LogP contribution in [0.5, 0.6) is 0 Å². The molecule has 1 fully saturated rings. The van der Waals surface area contributed by atoms with Crippen molar-refractivity contribution in [3.8, 4) is 11.3 Å². The maximum absolute atomic E-state index is 14.9. The van der Waals surface area contributed by atoms with Crippen LogP contribution in [0, 0.1) is 17.6 Å². The normalized spacial score (nSPS) is 21.4. The Bertz CT molecular complexity index is 1410. The quantitative estimate of drug-likeness (QED) is 0.238. The highest BCUT2D eigenvalue weighted by atomic mass is 19.1. The Morgan fingerprint density at radius 1 is 1.15 bits per heavy atom. The first-order valence-corrected chi connectivity index (χ1v) is 13.0. The van der Waals surface area contributed by atoms with E-state index in [4.69, 9.17) is 15.6 Å². The van der Waals surface area contributed by atoms with Crippen LogP contribution in [0.25, 0.3) is 16.8 Å². The average Bonchev–Trinajstić information content (AvgIpc) is 3.30. The number of fused-ring (bicyclic) bond motifs is 1. The van der Waals surface area contributed by atoms with Gasteiger partial charge in [0.2, 0.25) is 5.95 Å². The minimum absolute atomic E-state index is 0.0417. The van der Waals surface area contributed by atoms with Crippen LogP contribution in [-0.4, -0.2) is 57.2 Å². The molecule has 0 amide bonds. The number of aromatic nitrogens is 4. The van der Waals surface area contributed by atoms with Gasteiger partial charge in [-0.3, -0.25) is 10.3 Å². The highest BCUT2D eigenvalue weighted by molar-refractivity contribution is 5.66. The highest BCUT2D eigenvalue weighted by Crippen LogP contribution is 2.39. The van der Waals surface area contributed by atoms with Crippen LogP contribution in [0.2, 0.25) is 0 Å². The number of aliphatic hydroxyl groups excluding tert-OH is 1. The number of nitrogens with one attached hydrogen (secondary N) is 2. The van der Waals surface area contributed by atoms with E-state index in [0.29, 0.717) is 29.7 Å². The van der Waals surface area contributed by atoms with Crippen LogP contribution in [0.3, 0.4) is 0 Å². The lowest BCUT2D eigenvalue weighted by molar-refractivity contribution is 0.127. The molecule has 1 saturated carbocycles. The summed E-state index contributed by atoms with van der Waals surface area (Å²) < 4.78 is 36.5. The molecule has 39 heavy (non-hydrogen) atoms. The Morgan fingerprint density at radius 2 is 1.95 bits per heavy atom. The Labute approximate surface area is 225 Å². The summed E-state index contributed by atoms with van der Waals surface area (Å²) in [4.78, 5) is 8.78. The SMILES string of the molecule is COCNC1C(C)CC(c2ccncc2Nc2ncc3ccc(-c4c(F)cc(CCO)cc4F)nn23)CC1N. The van der Waals surface area contributed by atoms with Crippen LogP contribution < -0.4 is 16.4 Å². The van der Waals surface area contributed by atoms with E-state index in [0.717, 1.165) is 24.1 Å². The van der Waals surface area contributed by atoms with Gasteiger partial charge in [0.1, 0.15) is 11.6 Å². The molecule has 4 unspecified atom stereocenters. The molecule has 1 aliphatic carbocycles. The molecule has 5 rings (SSSR count). The summed E-state index contributed by atoms with van der Waals surface area (Å²) in [6, 6.07) is 7.82. The van der Waals surface area contributed by atoms with E-state index in [9.17, 15) is 8.78 Å². The van der Waals surface area contributed by atoms with Gasteiger partial charge in [0.25, 0.3) is 0 Å². The number of nitrogens with two attached hydrogens (primary N) is 1. The number of hydrogen-bond acceptors (Lipinski definition) is 8. The van der Waals surface area contributed by atoms with Crippen molar-refractivity contribution < 1.29 is 18.6 Å². The molecule has 1 aliphatic rings. The molecule has 3 heterocycles. The van der Waals surface area contributed by atoms with Gasteiger partial charge in [-0.05, 0) is 72.6 Å². The highest BCUT2D eigenvalue weighted by Gasteiger charge is 2.35. The Hall–Kier alpha value is -3.51. The van der Waals surface area contributed by atoms with E-state index in [1.807, 2.05) is 6.07 Å². The zero-order chi connectivity index (χ0) is 27.5. The van der Waals surface area contributed by atoms with Crippen molar-refractivity contribution >= 4 is 17.2 Å². The number of halogens is 2. The van der Waals surface area contributed by atoms with Crippen molar-refractivity contribution in [2.24, 2.45) is 11.7 Å². The van der Waals surface area contributed by atoms with Crippen LogP contribution >= 0.6 is 0 Å². The lowest BCUT2D eigenvalue weighted by atomic mass is 9.73. The molecule has 3 aromatic heterocycles. The average molecular weight is 538 g/mol. The predicted molar refractivity (Wildman–Crippen MR) is 145 cm³/mol. The predicted octanol–water partition coefficient (Wildman–Crippen LogP) is 3.75. The third-order valence-corrected chi connectivity index (χ3v) is 7.43. The summed E-state index contributed by atoms with van der Waals surface area (Å²) in [5.74, 6) is -0.547. The lowest BCUT2D eigenvalue weighted by Crippen LogP contribution is -2.53. The maximum Gasteiger partial charge on any atom is 0.229 e. The van der Waals surface area contributed by atoms with Gasteiger partial charge in [0.15, 0.2) is 0 Å². The van der Waals surface area contributed by atoms with Gasteiger partial charge in [-0.1, -0.05) is 6.92 Å². The van der Waals surface area contributed by atoms with E-state index >= 15 is 0 Å². The molecule has 11 heteroatoms. The molecule has 4 atom stereocenters. The molecule has 0 spiro atoms. The second kappa shape index (κ2) is 11.7. The number of nitrogens with zero attached hydrogens (tertiary/aromatic N) is 4.